The monoisotopic (exact) mass is 317 g/mol. The van der Waals surface area contributed by atoms with Gasteiger partial charge in [-0.1, -0.05) is 0 Å². The maximum absolute atomic E-state index is 11.3. The van der Waals surface area contributed by atoms with Gasteiger partial charge in [-0.15, -0.1) is 11.3 Å². The Kier molecular flexibility index (Phi) is 3.27. The summed E-state index contributed by atoms with van der Waals surface area (Å²) in [4.78, 5) is 34.1. The first-order chi connectivity index (χ1) is 7.60. The lowest BCUT2D eigenvalue weighted by molar-refractivity contribution is -0.107. The van der Waals surface area contributed by atoms with Gasteiger partial charge in [-0.25, -0.2) is 0 Å². The molecule has 2 heterocycles. The minimum atomic E-state index is -0.373. The molecule has 1 aliphatic rings. The molecule has 1 saturated heterocycles. The van der Waals surface area contributed by atoms with E-state index in [-0.39, 0.29) is 16.1 Å². The SMILES string of the molecule is O=Cc1sc(C=C2NC(=O)SC2=O)cc1Br. The maximum atomic E-state index is 11.3. The Morgan fingerprint density at radius 3 is 2.62 bits per heavy atom. The van der Waals surface area contributed by atoms with Crippen molar-refractivity contribution in [1.29, 1.82) is 0 Å². The van der Waals surface area contributed by atoms with Crippen LogP contribution in [0.5, 0.6) is 0 Å². The summed E-state index contributed by atoms with van der Waals surface area (Å²) < 4.78 is 0.684. The number of thioether (sulfide) groups is 1. The third-order valence-corrected chi connectivity index (χ3v) is 4.39. The molecule has 16 heavy (non-hydrogen) atoms. The van der Waals surface area contributed by atoms with Gasteiger partial charge in [0.05, 0.1) is 10.6 Å². The van der Waals surface area contributed by atoms with Crippen LogP contribution in [0.1, 0.15) is 14.5 Å². The van der Waals surface area contributed by atoms with Crippen molar-refractivity contribution in [3.05, 3.63) is 26.0 Å². The lowest BCUT2D eigenvalue weighted by atomic mass is 10.3. The van der Waals surface area contributed by atoms with Gasteiger partial charge in [0.15, 0.2) is 6.29 Å². The number of carbonyl (C=O) groups is 3. The smallest absolute Gasteiger partial charge is 0.291 e. The molecule has 4 nitrogen and oxygen atoms in total. The Hall–Kier alpha value is -0.920. The maximum Gasteiger partial charge on any atom is 0.291 e. The van der Waals surface area contributed by atoms with Crippen molar-refractivity contribution < 1.29 is 14.4 Å². The number of aldehydes is 1. The summed E-state index contributed by atoms with van der Waals surface area (Å²) in [5.41, 5.74) is 0.251. The van der Waals surface area contributed by atoms with E-state index in [0.717, 1.165) is 11.2 Å². The second-order valence-corrected chi connectivity index (χ2v) is 5.75. The molecule has 1 aliphatic heterocycles. The van der Waals surface area contributed by atoms with Crippen molar-refractivity contribution in [3.63, 3.8) is 0 Å². The number of hydrogen-bond acceptors (Lipinski definition) is 5. The largest absolute Gasteiger partial charge is 0.313 e. The molecule has 1 aromatic heterocycles. The number of nitrogens with one attached hydrogen (secondary N) is 1. The van der Waals surface area contributed by atoms with Crippen LogP contribution in [0, 0.1) is 0 Å². The van der Waals surface area contributed by atoms with Crippen molar-refractivity contribution in [1.82, 2.24) is 5.32 Å². The Labute approximate surface area is 107 Å². The third-order valence-electron chi connectivity index (χ3n) is 1.77. The van der Waals surface area contributed by atoms with E-state index in [4.69, 9.17) is 0 Å². The molecule has 1 aromatic rings. The molecule has 0 spiro atoms. The predicted molar refractivity (Wildman–Crippen MR) is 66.5 cm³/mol. The molecule has 1 N–H and O–H groups in total. The number of rotatable bonds is 2. The molecule has 0 atom stereocenters. The Balaban J connectivity index is 2.32. The molecule has 0 radical (unpaired) electrons. The molecule has 1 amide bonds. The van der Waals surface area contributed by atoms with E-state index in [1.54, 1.807) is 12.1 Å². The molecule has 2 rings (SSSR count). The summed E-state index contributed by atoms with van der Waals surface area (Å²) in [5.74, 6) is 0. The van der Waals surface area contributed by atoms with Crippen molar-refractivity contribution >= 4 is 61.7 Å². The van der Waals surface area contributed by atoms with Crippen LogP contribution in [0.25, 0.3) is 6.08 Å². The van der Waals surface area contributed by atoms with Crippen molar-refractivity contribution in [2.45, 2.75) is 0 Å². The second kappa shape index (κ2) is 4.52. The van der Waals surface area contributed by atoms with E-state index in [9.17, 15) is 14.4 Å². The van der Waals surface area contributed by atoms with E-state index in [1.165, 1.54) is 11.3 Å². The summed E-state index contributed by atoms with van der Waals surface area (Å²) in [7, 11) is 0. The quantitative estimate of drug-likeness (QED) is 0.672. The highest BCUT2D eigenvalue weighted by molar-refractivity contribution is 9.10. The van der Waals surface area contributed by atoms with Gasteiger partial charge < -0.3 is 5.32 Å². The average molecular weight is 318 g/mol. The topological polar surface area (TPSA) is 63.2 Å². The minimum absolute atomic E-state index is 0.251. The van der Waals surface area contributed by atoms with Crippen LogP contribution >= 0.6 is 39.0 Å². The normalized spacial score (nSPS) is 17.9. The molecular formula is C9H4BrNO3S2. The fourth-order valence-electron chi connectivity index (χ4n) is 1.12. The van der Waals surface area contributed by atoms with Crippen molar-refractivity contribution in [3.8, 4) is 0 Å². The lowest BCUT2D eigenvalue weighted by Crippen LogP contribution is -2.09. The second-order valence-electron chi connectivity index (χ2n) is 2.84. The van der Waals surface area contributed by atoms with E-state index < -0.39 is 0 Å². The first kappa shape index (κ1) is 11.6. The Bertz CT molecular complexity index is 521. The molecule has 0 saturated carbocycles. The van der Waals surface area contributed by atoms with Gasteiger partial charge in [-0.2, -0.15) is 0 Å². The molecule has 82 valence electrons. The number of amides is 1. The molecular weight excluding hydrogens is 314 g/mol. The fraction of sp³-hybridized carbons (Fsp3) is 0. The molecule has 7 heteroatoms. The van der Waals surface area contributed by atoms with Crippen LogP contribution in [0.15, 0.2) is 16.2 Å². The van der Waals surface area contributed by atoms with Gasteiger partial charge in [0.2, 0.25) is 5.12 Å². The van der Waals surface area contributed by atoms with Crippen LogP contribution in [0.4, 0.5) is 4.79 Å². The van der Waals surface area contributed by atoms with Gasteiger partial charge >= 0.3 is 0 Å². The molecule has 0 aromatic carbocycles. The number of carbonyl (C=O) groups excluding carboxylic acids is 3. The van der Waals surface area contributed by atoms with Gasteiger partial charge in [-0.3, -0.25) is 14.4 Å². The Morgan fingerprint density at radius 1 is 1.38 bits per heavy atom. The van der Waals surface area contributed by atoms with E-state index in [1.807, 2.05) is 0 Å². The van der Waals surface area contributed by atoms with Gasteiger partial charge in [-0.05, 0) is 28.1 Å². The first-order valence-electron chi connectivity index (χ1n) is 4.09. The Morgan fingerprint density at radius 2 is 2.12 bits per heavy atom. The predicted octanol–water partition coefficient (Wildman–Crippen LogP) is 2.65. The summed E-state index contributed by atoms with van der Waals surface area (Å²) in [5, 5.41) is 1.76. The lowest BCUT2D eigenvalue weighted by Gasteiger charge is -1.91. The van der Waals surface area contributed by atoms with E-state index >= 15 is 0 Å². The molecule has 0 bridgehead atoms. The van der Waals surface area contributed by atoms with Gasteiger partial charge in [0, 0.05) is 21.1 Å². The van der Waals surface area contributed by atoms with Crippen molar-refractivity contribution in [2.24, 2.45) is 0 Å². The number of hydrogen-bond donors (Lipinski definition) is 1. The highest BCUT2D eigenvalue weighted by Gasteiger charge is 2.25. The van der Waals surface area contributed by atoms with Crippen LogP contribution in [-0.4, -0.2) is 16.6 Å². The highest BCUT2D eigenvalue weighted by Crippen LogP contribution is 2.29. The zero-order chi connectivity index (χ0) is 11.7. The number of thiophene rings is 1. The summed E-state index contributed by atoms with van der Waals surface area (Å²) in [6.45, 7) is 0. The van der Waals surface area contributed by atoms with Crippen LogP contribution in [-0.2, 0) is 4.79 Å². The van der Waals surface area contributed by atoms with E-state index in [2.05, 4.69) is 21.2 Å². The zero-order valence-corrected chi connectivity index (χ0v) is 10.9. The van der Waals surface area contributed by atoms with E-state index in [0.29, 0.717) is 21.1 Å². The summed E-state index contributed by atoms with van der Waals surface area (Å²) in [6, 6.07) is 1.73. The van der Waals surface area contributed by atoms with Crippen LogP contribution < -0.4 is 5.32 Å². The van der Waals surface area contributed by atoms with Crippen LogP contribution in [0.2, 0.25) is 0 Å². The first-order valence-corrected chi connectivity index (χ1v) is 6.52. The summed E-state index contributed by atoms with van der Waals surface area (Å²) in [6.07, 6.45) is 2.29. The molecule has 0 unspecified atom stereocenters. The fourth-order valence-corrected chi connectivity index (χ4v) is 3.21. The van der Waals surface area contributed by atoms with Crippen LogP contribution in [0.3, 0.4) is 0 Å². The molecule has 1 fully saturated rings. The minimum Gasteiger partial charge on any atom is -0.313 e. The third kappa shape index (κ3) is 2.26. The van der Waals surface area contributed by atoms with Gasteiger partial charge in [0.1, 0.15) is 0 Å². The zero-order valence-electron chi connectivity index (χ0n) is 7.65. The highest BCUT2D eigenvalue weighted by atomic mass is 79.9. The summed E-state index contributed by atoms with van der Waals surface area (Å²) >= 11 is 5.10. The van der Waals surface area contributed by atoms with Crippen molar-refractivity contribution in [2.75, 3.05) is 0 Å². The van der Waals surface area contributed by atoms with Gasteiger partial charge in [0.25, 0.3) is 5.24 Å². The number of halogens is 1. The molecule has 0 aliphatic carbocycles. The average Bonchev–Trinajstić information content (AvgIpc) is 2.71. The standard InChI is InChI=1S/C9H4BrNO3S2/c10-5-1-4(15-7(5)3-12)2-6-8(13)16-9(14)11-6/h1-3H,(H,11,14).